The molecule has 0 saturated carbocycles. The highest BCUT2D eigenvalue weighted by Gasteiger charge is 2.54. The number of allylic oxidation sites excluding steroid dienone is 8. The van der Waals surface area contributed by atoms with Crippen molar-refractivity contribution in [3.05, 3.63) is 214 Å². The second kappa shape index (κ2) is 15.6. The zero-order chi connectivity index (χ0) is 42.0. The summed E-state index contributed by atoms with van der Waals surface area (Å²) < 4.78 is 0. The summed E-state index contributed by atoms with van der Waals surface area (Å²) in [5.41, 5.74) is 10.2. The van der Waals surface area contributed by atoms with Crippen molar-refractivity contribution in [2.75, 3.05) is 9.80 Å². The van der Waals surface area contributed by atoms with Crippen LogP contribution in [0.4, 0.5) is 34.1 Å². The van der Waals surface area contributed by atoms with Crippen molar-refractivity contribution in [1.29, 1.82) is 21.0 Å². The lowest BCUT2D eigenvalue weighted by Crippen LogP contribution is -2.20. The van der Waals surface area contributed by atoms with Gasteiger partial charge in [0.1, 0.15) is 35.4 Å². The molecule has 2 aliphatic carbocycles. The van der Waals surface area contributed by atoms with Crippen LogP contribution in [0, 0.1) is 56.2 Å². The minimum Gasteiger partial charge on any atom is -0.311 e. The number of nitriles is 4. The number of hydrogen-bond acceptors (Lipinski definition) is 6. The Bertz CT molecular complexity index is 2590. The van der Waals surface area contributed by atoms with E-state index in [1.54, 1.807) is 0 Å². The Balaban J connectivity index is 1.36. The normalized spacial score (nSPS) is 14.7. The fraction of sp³-hybridized carbons (Fsp3) is 0.111. The third kappa shape index (κ3) is 6.44. The first-order valence-electron chi connectivity index (χ1n) is 19.8. The van der Waals surface area contributed by atoms with E-state index in [-0.39, 0.29) is 11.1 Å². The molecule has 0 N–H and O–H groups in total. The van der Waals surface area contributed by atoms with Crippen LogP contribution in [0.15, 0.2) is 203 Å². The summed E-state index contributed by atoms with van der Waals surface area (Å²) in [7, 11) is 0. The molecule has 0 aromatic heterocycles. The summed E-state index contributed by atoms with van der Waals surface area (Å²) >= 11 is 0. The Morgan fingerprint density at radius 3 is 0.817 bits per heavy atom. The van der Waals surface area contributed by atoms with Gasteiger partial charge in [-0.2, -0.15) is 21.0 Å². The number of nitrogens with zero attached hydrogens (tertiary/aromatic N) is 6. The molecule has 286 valence electrons. The van der Waals surface area contributed by atoms with E-state index < -0.39 is 10.8 Å². The summed E-state index contributed by atoms with van der Waals surface area (Å²) in [4.78, 5) is 4.38. The minimum atomic E-state index is -0.869. The monoisotopic (exact) mass is 772 g/mol. The van der Waals surface area contributed by atoms with Gasteiger partial charge in [-0.25, -0.2) is 0 Å². The Morgan fingerprint density at radius 2 is 0.583 bits per heavy atom. The maximum Gasteiger partial charge on any atom is 0.134 e. The van der Waals surface area contributed by atoms with Crippen LogP contribution >= 0.6 is 0 Å². The molecule has 0 unspecified atom stereocenters. The molecule has 0 fully saturated rings. The summed E-state index contributed by atoms with van der Waals surface area (Å²) in [5.74, 6) is 0. The van der Waals surface area contributed by atoms with Crippen LogP contribution in [-0.4, -0.2) is 0 Å². The van der Waals surface area contributed by atoms with E-state index in [9.17, 15) is 21.0 Å². The molecule has 0 bridgehead atoms. The number of fused-ring (bicyclic) bond motifs is 1. The number of benzene rings is 6. The lowest BCUT2D eigenvalue weighted by atomic mass is 9.70. The number of hydrogen-bond donors (Lipinski definition) is 0. The van der Waals surface area contributed by atoms with Crippen LogP contribution in [0.25, 0.3) is 11.1 Å². The quantitative estimate of drug-likeness (QED) is 0.143. The van der Waals surface area contributed by atoms with Gasteiger partial charge in [-0.05, 0) is 117 Å². The Hall–Kier alpha value is -8.16. The second-order valence-corrected chi connectivity index (χ2v) is 15.8. The van der Waals surface area contributed by atoms with Crippen LogP contribution in [0.5, 0.6) is 0 Å². The van der Waals surface area contributed by atoms with Gasteiger partial charge in [0.05, 0.1) is 0 Å². The molecule has 0 radical (unpaired) electrons. The molecule has 6 nitrogen and oxygen atoms in total. The first-order valence-corrected chi connectivity index (χ1v) is 19.8. The van der Waals surface area contributed by atoms with Crippen LogP contribution in [0.3, 0.4) is 0 Å². The third-order valence-corrected chi connectivity index (χ3v) is 11.6. The van der Waals surface area contributed by atoms with Gasteiger partial charge in [0.15, 0.2) is 0 Å². The van der Waals surface area contributed by atoms with Gasteiger partial charge >= 0.3 is 0 Å². The summed E-state index contributed by atoms with van der Waals surface area (Å²) in [5, 5.41) is 42.3. The molecule has 6 aromatic rings. The molecular weight excluding hydrogens is 733 g/mol. The largest absolute Gasteiger partial charge is 0.311 e. The Labute approximate surface area is 352 Å². The van der Waals surface area contributed by atoms with Crippen molar-refractivity contribution in [2.45, 2.75) is 27.7 Å². The molecule has 0 saturated heterocycles. The van der Waals surface area contributed by atoms with Crippen molar-refractivity contribution in [3.63, 3.8) is 0 Å². The van der Waals surface area contributed by atoms with Gasteiger partial charge in [-0.3, -0.25) is 0 Å². The zero-order valence-electron chi connectivity index (χ0n) is 33.8. The lowest BCUT2D eigenvalue weighted by Gasteiger charge is -2.32. The van der Waals surface area contributed by atoms with E-state index in [1.807, 2.05) is 100 Å². The van der Waals surface area contributed by atoms with Gasteiger partial charge in [0, 0.05) is 45.0 Å². The van der Waals surface area contributed by atoms with E-state index in [2.05, 4.69) is 131 Å². The van der Waals surface area contributed by atoms with Crippen LogP contribution in [0.1, 0.15) is 38.8 Å². The maximum absolute atomic E-state index is 10.6. The smallest absolute Gasteiger partial charge is 0.134 e. The average Bonchev–Trinajstić information content (AvgIpc) is 3.64. The summed E-state index contributed by atoms with van der Waals surface area (Å²) in [6.45, 7) is 8.11. The van der Waals surface area contributed by atoms with Gasteiger partial charge in [0.2, 0.25) is 0 Å². The molecule has 0 aliphatic heterocycles. The van der Waals surface area contributed by atoms with E-state index >= 15 is 0 Å². The highest BCUT2D eigenvalue weighted by atomic mass is 15.1. The molecule has 2 aliphatic rings. The Morgan fingerprint density at radius 1 is 0.350 bits per heavy atom. The number of anilines is 6. The number of para-hydroxylation sites is 4. The maximum atomic E-state index is 10.6. The second-order valence-electron chi connectivity index (χ2n) is 15.8. The van der Waals surface area contributed by atoms with Gasteiger partial charge in [-0.1, -0.05) is 125 Å². The highest BCUT2D eigenvalue weighted by molar-refractivity contribution is 6.04. The molecule has 0 amide bonds. The predicted molar refractivity (Wildman–Crippen MR) is 240 cm³/mol. The van der Waals surface area contributed by atoms with E-state index in [1.165, 1.54) is 0 Å². The van der Waals surface area contributed by atoms with Gasteiger partial charge < -0.3 is 9.80 Å². The van der Waals surface area contributed by atoms with Crippen molar-refractivity contribution in [2.24, 2.45) is 10.8 Å². The summed E-state index contributed by atoms with van der Waals surface area (Å²) in [6, 6.07) is 66.1. The number of rotatable bonds is 8. The molecule has 6 heteroatoms. The van der Waals surface area contributed by atoms with Crippen LogP contribution in [-0.2, 0) is 0 Å². The predicted octanol–water partition coefficient (Wildman–Crippen LogP) is 13.6. The first kappa shape index (κ1) is 38.7. The average molecular weight is 773 g/mol. The van der Waals surface area contributed by atoms with Crippen molar-refractivity contribution in [1.82, 2.24) is 0 Å². The molecule has 0 spiro atoms. The SMILES string of the molecule is CC1(C)C(=C(C#N)C#N)C2=C(c3ccc(N(c4ccccc4)c4ccccc4)cc3)C(C)(C)C(=C(C#N)C#N)C2=C1c1ccc(N(c2ccccc2)c2ccccc2)cc1. The topological polar surface area (TPSA) is 102 Å². The van der Waals surface area contributed by atoms with Crippen molar-refractivity contribution < 1.29 is 0 Å². The van der Waals surface area contributed by atoms with E-state index in [0.717, 1.165) is 67.5 Å². The van der Waals surface area contributed by atoms with Crippen molar-refractivity contribution >= 4 is 45.3 Å². The molecule has 60 heavy (non-hydrogen) atoms. The van der Waals surface area contributed by atoms with Gasteiger partial charge in [-0.15, -0.1) is 0 Å². The zero-order valence-corrected chi connectivity index (χ0v) is 33.8. The molecule has 6 aromatic carbocycles. The van der Waals surface area contributed by atoms with Crippen LogP contribution in [0.2, 0.25) is 0 Å². The first-order chi connectivity index (χ1) is 29.1. The standard InChI is InChI=1S/C54H40N6/c1-53(2)49(37-25-29-45(30-26-37)59(41-17-9-5-10-18-41)42-19-11-6-12-20-42)47-48(51(53)39(33-55)34-56)50(54(3,4)52(47)40(35-57)36-58)38-27-31-46(32-28-38)60(43-21-13-7-14-22-43)44-23-15-8-16-24-44/h5-32H,1-4H3. The third-order valence-electron chi connectivity index (χ3n) is 11.6. The van der Waals surface area contributed by atoms with E-state index in [0.29, 0.717) is 11.1 Å². The summed E-state index contributed by atoms with van der Waals surface area (Å²) in [6.07, 6.45) is 0. The van der Waals surface area contributed by atoms with Crippen LogP contribution < -0.4 is 9.80 Å². The van der Waals surface area contributed by atoms with Gasteiger partial charge in [0.25, 0.3) is 0 Å². The van der Waals surface area contributed by atoms with E-state index in [4.69, 9.17) is 0 Å². The minimum absolute atomic E-state index is 0.000540. The lowest BCUT2D eigenvalue weighted by molar-refractivity contribution is 0.603. The molecule has 0 heterocycles. The highest BCUT2D eigenvalue weighted by Crippen LogP contribution is 2.68. The molecular formula is C54H40N6. The Kier molecular flexibility index (Phi) is 10.1. The molecule has 8 rings (SSSR count). The van der Waals surface area contributed by atoms with Crippen molar-refractivity contribution in [3.8, 4) is 24.3 Å². The fourth-order valence-electron chi connectivity index (χ4n) is 9.17. The fourth-order valence-corrected chi connectivity index (χ4v) is 9.17. The molecule has 0 atom stereocenters.